The smallest absolute Gasteiger partial charge is 0.322 e. The number of halogens is 1. The molecule has 1 unspecified atom stereocenters. The topological polar surface area (TPSA) is 71.4 Å². The molecular formula is C12H13BrO4S. The summed E-state index contributed by atoms with van der Waals surface area (Å²) in [5.74, 6) is -1.28. The van der Waals surface area contributed by atoms with E-state index in [1.807, 2.05) is 13.8 Å². The fourth-order valence-corrected chi connectivity index (χ4v) is 4.80. The Kier molecular flexibility index (Phi) is 3.06. The molecule has 98 valence electrons. The molecule has 0 spiro atoms. The second kappa shape index (κ2) is 4.06. The summed E-state index contributed by atoms with van der Waals surface area (Å²) < 4.78 is 25.3. The molecule has 1 aromatic carbocycles. The number of sulfone groups is 1. The Hall–Kier alpha value is -0.880. The van der Waals surface area contributed by atoms with Crippen LogP contribution >= 0.6 is 15.9 Å². The van der Waals surface area contributed by atoms with E-state index in [-0.39, 0.29) is 11.3 Å². The molecule has 4 nitrogen and oxygen atoms in total. The Labute approximate surface area is 114 Å². The third-order valence-corrected chi connectivity index (χ3v) is 5.90. The summed E-state index contributed by atoms with van der Waals surface area (Å²) in [5, 5.41) is 7.74. The van der Waals surface area contributed by atoms with Crippen molar-refractivity contribution >= 4 is 31.7 Å². The van der Waals surface area contributed by atoms with Crippen LogP contribution in [0.3, 0.4) is 0 Å². The summed E-state index contributed by atoms with van der Waals surface area (Å²) in [7, 11) is -3.79. The molecule has 0 saturated carbocycles. The lowest BCUT2D eigenvalue weighted by molar-refractivity contribution is -0.137. The van der Waals surface area contributed by atoms with Gasteiger partial charge in [0, 0.05) is 4.47 Å². The summed E-state index contributed by atoms with van der Waals surface area (Å²) in [6, 6.07) is 4.85. The first-order valence-electron chi connectivity index (χ1n) is 5.43. The number of hydrogen-bond donors (Lipinski definition) is 1. The van der Waals surface area contributed by atoms with Crippen molar-refractivity contribution < 1.29 is 18.3 Å². The van der Waals surface area contributed by atoms with Gasteiger partial charge in [0.15, 0.2) is 15.1 Å². The molecule has 18 heavy (non-hydrogen) atoms. The normalized spacial score (nSPS) is 24.3. The molecule has 0 fully saturated rings. The highest BCUT2D eigenvalue weighted by molar-refractivity contribution is 9.10. The van der Waals surface area contributed by atoms with Gasteiger partial charge in [0.25, 0.3) is 0 Å². The van der Waals surface area contributed by atoms with Crippen molar-refractivity contribution in [3.8, 4) is 0 Å². The van der Waals surface area contributed by atoms with E-state index in [0.717, 1.165) is 4.47 Å². The minimum atomic E-state index is -3.79. The van der Waals surface area contributed by atoms with Crippen LogP contribution in [0.15, 0.2) is 27.6 Å². The largest absolute Gasteiger partial charge is 0.480 e. The Bertz CT molecular complexity index is 619. The molecule has 1 aliphatic rings. The van der Waals surface area contributed by atoms with Crippen LogP contribution in [0.4, 0.5) is 0 Å². The van der Waals surface area contributed by atoms with Gasteiger partial charge in [-0.25, -0.2) is 8.42 Å². The van der Waals surface area contributed by atoms with Gasteiger partial charge in [-0.3, -0.25) is 4.79 Å². The molecule has 0 radical (unpaired) electrons. The number of fused-ring (bicyclic) bond motifs is 1. The molecule has 0 saturated heterocycles. The minimum absolute atomic E-state index is 0.0914. The highest BCUT2D eigenvalue weighted by atomic mass is 79.9. The van der Waals surface area contributed by atoms with E-state index >= 15 is 0 Å². The summed E-state index contributed by atoms with van der Waals surface area (Å²) >= 11 is 3.31. The molecule has 1 heterocycles. The number of hydrogen-bond acceptors (Lipinski definition) is 3. The molecule has 1 atom stereocenters. The maximum atomic E-state index is 12.2. The Morgan fingerprint density at radius 3 is 2.61 bits per heavy atom. The van der Waals surface area contributed by atoms with Crippen molar-refractivity contribution in [1.29, 1.82) is 0 Å². The van der Waals surface area contributed by atoms with Crippen LogP contribution in [-0.4, -0.2) is 24.7 Å². The van der Waals surface area contributed by atoms with Gasteiger partial charge in [0.05, 0.1) is 4.90 Å². The molecule has 1 aliphatic heterocycles. The number of carbonyl (C=O) groups is 1. The van der Waals surface area contributed by atoms with Gasteiger partial charge < -0.3 is 5.11 Å². The molecule has 1 aromatic rings. The molecule has 0 bridgehead atoms. The van der Waals surface area contributed by atoms with Crippen molar-refractivity contribution in [2.75, 3.05) is 0 Å². The van der Waals surface area contributed by atoms with Gasteiger partial charge in [-0.1, -0.05) is 29.8 Å². The van der Waals surface area contributed by atoms with Crippen molar-refractivity contribution in [3.05, 3.63) is 28.2 Å². The van der Waals surface area contributed by atoms with Gasteiger partial charge in [-0.15, -0.1) is 0 Å². The first kappa shape index (κ1) is 13.5. The van der Waals surface area contributed by atoms with Crippen LogP contribution in [0.5, 0.6) is 0 Å². The van der Waals surface area contributed by atoms with Gasteiger partial charge in [0.2, 0.25) is 0 Å². The average molecular weight is 333 g/mol. The summed E-state index contributed by atoms with van der Waals surface area (Å²) in [6.07, 6.45) is 0.0914. The molecule has 0 aromatic heterocycles. The quantitative estimate of drug-likeness (QED) is 0.856. The number of aliphatic carboxylic acids is 1. The fourth-order valence-electron chi connectivity index (χ4n) is 2.34. The zero-order valence-electron chi connectivity index (χ0n) is 9.97. The van der Waals surface area contributed by atoms with Crippen LogP contribution in [0.1, 0.15) is 25.8 Å². The van der Waals surface area contributed by atoms with Crippen molar-refractivity contribution in [1.82, 2.24) is 0 Å². The fraction of sp³-hybridized carbons (Fsp3) is 0.417. The minimum Gasteiger partial charge on any atom is -0.480 e. The van der Waals surface area contributed by atoms with Gasteiger partial charge in [0.1, 0.15) is 0 Å². The number of carboxylic acid groups (broad SMARTS) is 1. The molecule has 0 amide bonds. The second-order valence-corrected chi connectivity index (χ2v) is 8.11. The zero-order chi connectivity index (χ0) is 13.7. The van der Waals surface area contributed by atoms with Crippen molar-refractivity contribution in [2.45, 2.75) is 35.8 Å². The van der Waals surface area contributed by atoms with E-state index in [9.17, 15) is 13.2 Å². The SMILES string of the molecule is CC1(C)CC(C(=O)O)S(=O)(=O)c2ccc(Br)cc21. The number of benzene rings is 1. The Morgan fingerprint density at radius 1 is 1.44 bits per heavy atom. The monoisotopic (exact) mass is 332 g/mol. The van der Waals surface area contributed by atoms with E-state index in [4.69, 9.17) is 5.11 Å². The zero-order valence-corrected chi connectivity index (χ0v) is 12.4. The lowest BCUT2D eigenvalue weighted by Gasteiger charge is -2.35. The first-order valence-corrected chi connectivity index (χ1v) is 7.77. The summed E-state index contributed by atoms with van der Waals surface area (Å²) in [5.41, 5.74) is 0.197. The molecule has 6 heteroatoms. The predicted octanol–water partition coefficient (Wildman–Crippen LogP) is 2.36. The maximum absolute atomic E-state index is 12.2. The van der Waals surface area contributed by atoms with Crippen LogP contribution in [0.25, 0.3) is 0 Å². The van der Waals surface area contributed by atoms with E-state index in [2.05, 4.69) is 15.9 Å². The third kappa shape index (κ3) is 1.97. The van der Waals surface area contributed by atoms with E-state index in [1.165, 1.54) is 6.07 Å². The average Bonchev–Trinajstić information content (AvgIpc) is 2.23. The molecule has 0 aliphatic carbocycles. The summed E-state index contributed by atoms with van der Waals surface area (Å²) in [4.78, 5) is 11.3. The van der Waals surface area contributed by atoms with Crippen molar-refractivity contribution in [2.24, 2.45) is 0 Å². The number of carboxylic acids is 1. The van der Waals surface area contributed by atoms with Crippen LogP contribution in [0.2, 0.25) is 0 Å². The molecular weight excluding hydrogens is 320 g/mol. The Morgan fingerprint density at radius 2 is 2.06 bits per heavy atom. The van der Waals surface area contributed by atoms with Gasteiger partial charge in [-0.05, 0) is 35.6 Å². The molecule has 2 rings (SSSR count). The number of rotatable bonds is 1. The lowest BCUT2D eigenvalue weighted by Crippen LogP contribution is -2.42. The van der Waals surface area contributed by atoms with Crippen LogP contribution in [-0.2, 0) is 20.0 Å². The first-order chi connectivity index (χ1) is 8.16. The Balaban J connectivity index is 2.76. The van der Waals surface area contributed by atoms with Crippen LogP contribution in [0, 0.1) is 0 Å². The lowest BCUT2D eigenvalue weighted by atomic mass is 9.80. The van der Waals surface area contributed by atoms with Crippen LogP contribution < -0.4 is 0 Å². The predicted molar refractivity (Wildman–Crippen MR) is 70.4 cm³/mol. The maximum Gasteiger partial charge on any atom is 0.322 e. The van der Waals surface area contributed by atoms with E-state index < -0.39 is 26.5 Å². The summed E-state index contributed by atoms with van der Waals surface area (Å²) in [6.45, 7) is 3.73. The van der Waals surface area contributed by atoms with Gasteiger partial charge >= 0.3 is 5.97 Å². The second-order valence-electron chi connectivity index (χ2n) is 5.10. The van der Waals surface area contributed by atoms with E-state index in [1.54, 1.807) is 12.1 Å². The molecule has 1 N–H and O–H groups in total. The third-order valence-electron chi connectivity index (χ3n) is 3.32. The van der Waals surface area contributed by atoms with E-state index in [0.29, 0.717) is 5.56 Å². The standard InChI is InChI=1S/C12H13BrO4S/c1-12(2)6-10(11(14)15)18(16,17)9-4-3-7(13)5-8(9)12/h3-5,10H,6H2,1-2H3,(H,14,15). The van der Waals surface area contributed by atoms with Gasteiger partial charge in [-0.2, -0.15) is 0 Å². The van der Waals surface area contributed by atoms with Crippen molar-refractivity contribution in [3.63, 3.8) is 0 Å². The highest BCUT2D eigenvalue weighted by Crippen LogP contribution is 2.42. The highest BCUT2D eigenvalue weighted by Gasteiger charge is 2.46.